The first kappa shape index (κ1) is 9.49. The number of pyridine rings is 1. The highest BCUT2D eigenvalue weighted by Gasteiger charge is 2.00. The van der Waals surface area contributed by atoms with Gasteiger partial charge in [-0.1, -0.05) is 0 Å². The third-order valence-corrected chi connectivity index (χ3v) is 1.56. The molecule has 0 aliphatic heterocycles. The van der Waals surface area contributed by atoms with Crippen molar-refractivity contribution in [1.82, 2.24) is 4.98 Å². The minimum atomic E-state index is -0.0542. The number of aromatic nitrogens is 1. The number of nitrogens with zero attached hydrogens (tertiary/aromatic N) is 2. The molecule has 0 spiro atoms. The molecule has 4 heteroatoms. The van der Waals surface area contributed by atoms with Crippen LogP contribution in [0.2, 0.25) is 0 Å². The van der Waals surface area contributed by atoms with Crippen LogP contribution >= 0.6 is 0 Å². The number of hydrogen-bond donors (Lipinski definition) is 2. The molecule has 1 atom stereocenters. The van der Waals surface area contributed by atoms with E-state index in [1.807, 2.05) is 13.0 Å². The maximum absolute atomic E-state index is 8.77. The Hall–Kier alpha value is -1.60. The van der Waals surface area contributed by atoms with Crippen molar-refractivity contribution in [3.63, 3.8) is 0 Å². The second kappa shape index (κ2) is 4.43. The maximum atomic E-state index is 8.77. The van der Waals surface area contributed by atoms with Crippen molar-refractivity contribution >= 4 is 5.82 Å². The smallest absolute Gasteiger partial charge is 0.127 e. The standard InChI is InChI=1S/C9H11N3O/c1-7(6-13)12-9-4-8(5-10)2-3-11-9/h2-4,7,13H,6H2,1H3,(H,11,12). The summed E-state index contributed by atoms with van der Waals surface area (Å²) in [5.74, 6) is 0.612. The Morgan fingerprint density at radius 2 is 2.54 bits per heavy atom. The fourth-order valence-electron chi connectivity index (χ4n) is 0.877. The molecule has 0 aromatic carbocycles. The number of anilines is 1. The normalized spacial score (nSPS) is 11.8. The summed E-state index contributed by atoms with van der Waals surface area (Å²) in [5, 5.41) is 20.3. The maximum Gasteiger partial charge on any atom is 0.127 e. The van der Waals surface area contributed by atoms with Crippen molar-refractivity contribution in [2.75, 3.05) is 11.9 Å². The van der Waals surface area contributed by atoms with Gasteiger partial charge in [0, 0.05) is 12.2 Å². The predicted octanol–water partition coefficient (Wildman–Crippen LogP) is 0.746. The van der Waals surface area contributed by atoms with Gasteiger partial charge in [0.2, 0.25) is 0 Å². The van der Waals surface area contributed by atoms with E-state index in [-0.39, 0.29) is 12.6 Å². The van der Waals surface area contributed by atoms with Gasteiger partial charge in [0.1, 0.15) is 5.82 Å². The Morgan fingerprint density at radius 1 is 1.77 bits per heavy atom. The van der Waals surface area contributed by atoms with Crippen LogP contribution in [0.4, 0.5) is 5.82 Å². The van der Waals surface area contributed by atoms with Crippen LogP contribution in [-0.4, -0.2) is 22.7 Å². The largest absolute Gasteiger partial charge is 0.394 e. The highest BCUT2D eigenvalue weighted by atomic mass is 16.3. The van der Waals surface area contributed by atoms with Gasteiger partial charge in [-0.05, 0) is 19.1 Å². The number of rotatable bonds is 3. The van der Waals surface area contributed by atoms with Gasteiger partial charge in [0.25, 0.3) is 0 Å². The molecule has 1 heterocycles. The highest BCUT2D eigenvalue weighted by Crippen LogP contribution is 2.06. The number of aliphatic hydroxyl groups is 1. The van der Waals surface area contributed by atoms with Gasteiger partial charge in [-0.25, -0.2) is 4.98 Å². The van der Waals surface area contributed by atoms with E-state index in [9.17, 15) is 0 Å². The lowest BCUT2D eigenvalue weighted by Crippen LogP contribution is -2.19. The van der Waals surface area contributed by atoms with Crippen LogP contribution in [0.5, 0.6) is 0 Å². The molecule has 0 saturated carbocycles. The highest BCUT2D eigenvalue weighted by molar-refractivity contribution is 5.42. The number of nitriles is 1. The minimum Gasteiger partial charge on any atom is -0.394 e. The van der Waals surface area contributed by atoms with Crippen molar-refractivity contribution in [2.45, 2.75) is 13.0 Å². The summed E-state index contributed by atoms with van der Waals surface area (Å²) in [7, 11) is 0. The summed E-state index contributed by atoms with van der Waals surface area (Å²) in [4.78, 5) is 4.00. The van der Waals surface area contributed by atoms with Crippen molar-refractivity contribution < 1.29 is 5.11 Å². The third-order valence-electron chi connectivity index (χ3n) is 1.56. The molecule has 0 aliphatic rings. The molecule has 2 N–H and O–H groups in total. The molecular weight excluding hydrogens is 166 g/mol. The van der Waals surface area contributed by atoms with Crippen LogP contribution < -0.4 is 5.32 Å². The van der Waals surface area contributed by atoms with E-state index >= 15 is 0 Å². The average molecular weight is 177 g/mol. The number of aliphatic hydroxyl groups excluding tert-OH is 1. The first-order valence-electron chi connectivity index (χ1n) is 4.00. The molecule has 0 radical (unpaired) electrons. The van der Waals surface area contributed by atoms with E-state index < -0.39 is 0 Å². The predicted molar refractivity (Wildman–Crippen MR) is 49.1 cm³/mol. The molecule has 13 heavy (non-hydrogen) atoms. The summed E-state index contributed by atoms with van der Waals surface area (Å²) < 4.78 is 0. The molecule has 0 saturated heterocycles. The summed E-state index contributed by atoms with van der Waals surface area (Å²) >= 11 is 0. The van der Waals surface area contributed by atoms with Crippen LogP contribution in [0.1, 0.15) is 12.5 Å². The zero-order valence-electron chi connectivity index (χ0n) is 7.36. The molecule has 0 fully saturated rings. The van der Waals surface area contributed by atoms with Crippen LogP contribution in [-0.2, 0) is 0 Å². The molecule has 1 unspecified atom stereocenters. The SMILES string of the molecule is CC(CO)Nc1cc(C#N)ccn1. The Labute approximate surface area is 76.8 Å². The number of hydrogen-bond acceptors (Lipinski definition) is 4. The molecular formula is C9H11N3O. The molecule has 68 valence electrons. The van der Waals surface area contributed by atoms with Crippen molar-refractivity contribution in [1.29, 1.82) is 5.26 Å². The molecule has 1 aromatic heterocycles. The summed E-state index contributed by atoms with van der Waals surface area (Å²) in [6, 6.07) is 5.24. The van der Waals surface area contributed by atoms with Gasteiger partial charge >= 0.3 is 0 Å². The lowest BCUT2D eigenvalue weighted by molar-refractivity contribution is 0.281. The first-order chi connectivity index (χ1) is 6.26. The van der Waals surface area contributed by atoms with Gasteiger partial charge < -0.3 is 10.4 Å². The minimum absolute atomic E-state index is 0.0401. The van der Waals surface area contributed by atoms with E-state index in [0.717, 1.165) is 0 Å². The fraction of sp³-hybridized carbons (Fsp3) is 0.333. The first-order valence-corrected chi connectivity index (χ1v) is 4.00. The zero-order chi connectivity index (χ0) is 9.68. The van der Waals surface area contributed by atoms with Gasteiger partial charge in [0.15, 0.2) is 0 Å². The van der Waals surface area contributed by atoms with Crippen molar-refractivity contribution in [3.05, 3.63) is 23.9 Å². The summed E-state index contributed by atoms with van der Waals surface area (Å²) in [5.41, 5.74) is 0.558. The van der Waals surface area contributed by atoms with Gasteiger partial charge in [-0.3, -0.25) is 0 Å². The second-order valence-corrected chi connectivity index (χ2v) is 2.77. The zero-order valence-corrected chi connectivity index (χ0v) is 7.36. The van der Waals surface area contributed by atoms with Crippen LogP contribution in [0.25, 0.3) is 0 Å². The Bertz CT molecular complexity index is 319. The van der Waals surface area contributed by atoms with Crippen molar-refractivity contribution in [2.24, 2.45) is 0 Å². The monoisotopic (exact) mass is 177 g/mol. The Kier molecular flexibility index (Phi) is 3.23. The van der Waals surface area contributed by atoms with E-state index in [1.54, 1.807) is 18.3 Å². The molecule has 0 amide bonds. The van der Waals surface area contributed by atoms with E-state index in [1.165, 1.54) is 0 Å². The van der Waals surface area contributed by atoms with Gasteiger partial charge in [-0.2, -0.15) is 5.26 Å². The quantitative estimate of drug-likeness (QED) is 0.714. The Balaban J connectivity index is 2.73. The third kappa shape index (κ3) is 2.73. The summed E-state index contributed by atoms with van der Waals surface area (Å²) in [6.45, 7) is 1.87. The van der Waals surface area contributed by atoms with Gasteiger partial charge in [0.05, 0.1) is 18.2 Å². The van der Waals surface area contributed by atoms with Crippen LogP contribution in [0.3, 0.4) is 0 Å². The fourth-order valence-corrected chi connectivity index (χ4v) is 0.877. The molecule has 1 aromatic rings. The average Bonchev–Trinajstić information content (AvgIpc) is 2.18. The topological polar surface area (TPSA) is 68.9 Å². The van der Waals surface area contributed by atoms with E-state index in [2.05, 4.69) is 10.3 Å². The molecule has 4 nitrogen and oxygen atoms in total. The van der Waals surface area contributed by atoms with Crippen LogP contribution in [0, 0.1) is 11.3 Å². The lowest BCUT2D eigenvalue weighted by atomic mass is 10.3. The lowest BCUT2D eigenvalue weighted by Gasteiger charge is -2.10. The molecule has 0 bridgehead atoms. The van der Waals surface area contributed by atoms with Crippen LogP contribution in [0.15, 0.2) is 18.3 Å². The second-order valence-electron chi connectivity index (χ2n) is 2.77. The summed E-state index contributed by atoms with van der Waals surface area (Å²) in [6.07, 6.45) is 1.56. The van der Waals surface area contributed by atoms with Gasteiger partial charge in [-0.15, -0.1) is 0 Å². The Morgan fingerprint density at radius 3 is 3.15 bits per heavy atom. The molecule has 1 rings (SSSR count). The van der Waals surface area contributed by atoms with E-state index in [4.69, 9.17) is 10.4 Å². The van der Waals surface area contributed by atoms with E-state index in [0.29, 0.717) is 11.4 Å². The van der Waals surface area contributed by atoms with Crippen molar-refractivity contribution in [3.8, 4) is 6.07 Å². The number of nitrogens with one attached hydrogen (secondary N) is 1. The molecule has 0 aliphatic carbocycles.